The van der Waals surface area contributed by atoms with Crippen molar-refractivity contribution < 1.29 is 27.1 Å². The maximum absolute atomic E-state index is 14.1. The molecule has 0 radical (unpaired) electrons. The van der Waals surface area contributed by atoms with Crippen molar-refractivity contribution in [1.29, 1.82) is 0 Å². The number of anilines is 1. The van der Waals surface area contributed by atoms with Gasteiger partial charge in [0.2, 0.25) is 15.9 Å². The third-order valence-corrected chi connectivity index (χ3v) is 7.54. The average molecular weight is 616 g/mol. The third kappa shape index (κ3) is 8.38. The SMILES string of the molecule is CC(C)(C)CN1C(=O)C(CC(=O)NCc2ccccc2F)OC(c2cccc(CNS(C)(=O)=O)c2)c2cc(Cl)ccc21. The summed E-state index contributed by atoms with van der Waals surface area (Å²) in [5.41, 5.74) is 2.63. The Morgan fingerprint density at radius 2 is 1.79 bits per heavy atom. The number of halogens is 2. The van der Waals surface area contributed by atoms with Crippen LogP contribution in [0, 0.1) is 11.2 Å². The van der Waals surface area contributed by atoms with Gasteiger partial charge in [0.25, 0.3) is 5.91 Å². The Hall–Kier alpha value is -3.31. The minimum atomic E-state index is -3.42. The lowest BCUT2D eigenvalue weighted by Crippen LogP contribution is -2.45. The number of benzene rings is 3. The lowest BCUT2D eigenvalue weighted by atomic mass is 9.94. The summed E-state index contributed by atoms with van der Waals surface area (Å²) in [4.78, 5) is 28.8. The first-order chi connectivity index (χ1) is 19.7. The number of amides is 2. The van der Waals surface area contributed by atoms with E-state index in [0.717, 1.165) is 6.26 Å². The van der Waals surface area contributed by atoms with Crippen molar-refractivity contribution in [3.05, 3.63) is 99.8 Å². The van der Waals surface area contributed by atoms with E-state index in [2.05, 4.69) is 10.0 Å². The van der Waals surface area contributed by atoms with E-state index in [4.69, 9.17) is 16.3 Å². The zero-order valence-corrected chi connectivity index (χ0v) is 25.6. The van der Waals surface area contributed by atoms with Gasteiger partial charge in [0.05, 0.1) is 12.7 Å². The number of nitrogens with zero attached hydrogens (tertiary/aromatic N) is 1. The second-order valence-corrected chi connectivity index (χ2v) is 13.9. The quantitative estimate of drug-likeness (QED) is 0.348. The summed E-state index contributed by atoms with van der Waals surface area (Å²) in [6, 6.07) is 18.5. The molecule has 8 nitrogen and oxygen atoms in total. The third-order valence-electron chi connectivity index (χ3n) is 6.63. The molecule has 2 atom stereocenters. The fourth-order valence-electron chi connectivity index (χ4n) is 4.76. The lowest BCUT2D eigenvalue weighted by Gasteiger charge is -2.31. The van der Waals surface area contributed by atoms with Gasteiger partial charge in [-0.2, -0.15) is 0 Å². The Bertz CT molecular complexity index is 1570. The van der Waals surface area contributed by atoms with Crippen molar-refractivity contribution in [2.24, 2.45) is 5.41 Å². The first kappa shape index (κ1) is 31.6. The van der Waals surface area contributed by atoms with E-state index in [0.29, 0.717) is 39.5 Å². The molecule has 0 fully saturated rings. The van der Waals surface area contributed by atoms with Crippen molar-refractivity contribution in [1.82, 2.24) is 10.0 Å². The molecule has 3 aromatic rings. The molecule has 0 spiro atoms. The smallest absolute Gasteiger partial charge is 0.256 e. The van der Waals surface area contributed by atoms with Crippen molar-refractivity contribution in [3.63, 3.8) is 0 Å². The molecule has 1 aliphatic rings. The number of carbonyl (C=O) groups is 2. The van der Waals surface area contributed by atoms with Crippen molar-refractivity contribution >= 4 is 39.1 Å². The van der Waals surface area contributed by atoms with Crippen LogP contribution in [-0.2, 0) is 37.4 Å². The highest BCUT2D eigenvalue weighted by atomic mass is 35.5. The van der Waals surface area contributed by atoms with E-state index in [1.54, 1.807) is 59.5 Å². The molecule has 11 heteroatoms. The van der Waals surface area contributed by atoms with Gasteiger partial charge in [-0.3, -0.25) is 9.59 Å². The van der Waals surface area contributed by atoms with Gasteiger partial charge in [-0.25, -0.2) is 17.5 Å². The Kier molecular flexibility index (Phi) is 9.72. The van der Waals surface area contributed by atoms with E-state index in [1.165, 1.54) is 6.07 Å². The van der Waals surface area contributed by atoms with Gasteiger partial charge >= 0.3 is 0 Å². The number of fused-ring (bicyclic) bond motifs is 1. The second kappa shape index (κ2) is 12.9. The van der Waals surface area contributed by atoms with E-state index in [9.17, 15) is 22.4 Å². The molecular formula is C31H35ClFN3O5S. The summed E-state index contributed by atoms with van der Waals surface area (Å²) >= 11 is 6.43. The molecule has 0 aromatic heterocycles. The molecule has 0 saturated carbocycles. The van der Waals surface area contributed by atoms with Gasteiger partial charge in [-0.05, 0) is 40.8 Å². The molecule has 3 aromatic carbocycles. The molecule has 2 N–H and O–H groups in total. The standard InChI is InChI=1S/C31H35ClFN3O5S/c1-31(2,3)19-36-26-13-12-23(32)15-24(26)29(21-10-7-8-20(14-21)17-35-42(4,39)40)41-27(30(36)38)16-28(37)34-18-22-9-5-6-11-25(22)33/h5-15,27,29,35H,16-19H2,1-4H3,(H,34,37). The van der Waals surface area contributed by atoms with E-state index < -0.39 is 34.0 Å². The van der Waals surface area contributed by atoms with Gasteiger partial charge in [0.15, 0.2) is 0 Å². The monoisotopic (exact) mass is 615 g/mol. The fourth-order valence-corrected chi connectivity index (χ4v) is 5.37. The summed E-state index contributed by atoms with van der Waals surface area (Å²) in [5, 5.41) is 3.15. The van der Waals surface area contributed by atoms with E-state index in [1.807, 2.05) is 26.8 Å². The molecule has 224 valence electrons. The molecule has 0 aliphatic carbocycles. The highest BCUT2D eigenvalue weighted by Gasteiger charge is 2.39. The van der Waals surface area contributed by atoms with Gasteiger partial charge in [0, 0.05) is 41.5 Å². The first-order valence-corrected chi connectivity index (χ1v) is 15.8. The summed E-state index contributed by atoms with van der Waals surface area (Å²) in [7, 11) is -3.42. The van der Waals surface area contributed by atoms with Crippen LogP contribution in [0.2, 0.25) is 5.02 Å². The maximum Gasteiger partial charge on any atom is 0.256 e. The molecule has 2 unspecified atom stereocenters. The van der Waals surface area contributed by atoms with Gasteiger partial charge in [-0.1, -0.05) is 74.8 Å². The molecule has 4 rings (SSSR count). The molecule has 42 heavy (non-hydrogen) atoms. The molecule has 1 heterocycles. The van der Waals surface area contributed by atoms with Crippen molar-refractivity contribution in [2.75, 3.05) is 17.7 Å². The molecular weight excluding hydrogens is 581 g/mol. The minimum Gasteiger partial charge on any atom is -0.355 e. The summed E-state index contributed by atoms with van der Waals surface area (Å²) < 4.78 is 46.4. The fraction of sp³-hybridized carbons (Fsp3) is 0.355. The van der Waals surface area contributed by atoms with Crippen LogP contribution >= 0.6 is 11.6 Å². The highest BCUT2D eigenvalue weighted by molar-refractivity contribution is 7.88. The Morgan fingerprint density at radius 3 is 2.48 bits per heavy atom. The van der Waals surface area contributed by atoms with Crippen LogP contribution in [0.4, 0.5) is 10.1 Å². The Morgan fingerprint density at radius 1 is 1.05 bits per heavy atom. The zero-order chi connectivity index (χ0) is 30.7. The van der Waals surface area contributed by atoms with Crippen LogP contribution in [-0.4, -0.2) is 39.1 Å². The molecule has 0 saturated heterocycles. The van der Waals surface area contributed by atoms with Crippen LogP contribution in [0.5, 0.6) is 0 Å². The van der Waals surface area contributed by atoms with Gasteiger partial charge in [0.1, 0.15) is 18.0 Å². The first-order valence-electron chi connectivity index (χ1n) is 13.5. The summed E-state index contributed by atoms with van der Waals surface area (Å²) in [5.74, 6) is -1.29. The Labute approximate surface area is 251 Å². The number of ether oxygens (including phenoxy) is 1. The van der Waals surface area contributed by atoms with Crippen LogP contribution in [0.15, 0.2) is 66.7 Å². The van der Waals surface area contributed by atoms with Crippen LogP contribution < -0.4 is 14.9 Å². The van der Waals surface area contributed by atoms with Crippen molar-refractivity contribution in [3.8, 4) is 0 Å². The molecule has 1 aliphatic heterocycles. The second-order valence-electron chi connectivity index (χ2n) is 11.6. The van der Waals surface area contributed by atoms with Crippen LogP contribution in [0.25, 0.3) is 0 Å². The summed E-state index contributed by atoms with van der Waals surface area (Å²) in [6.45, 7) is 6.40. The number of carbonyl (C=O) groups excluding carboxylic acids is 2. The predicted molar refractivity (Wildman–Crippen MR) is 161 cm³/mol. The number of hydrogen-bond acceptors (Lipinski definition) is 5. The van der Waals surface area contributed by atoms with Crippen molar-refractivity contribution in [2.45, 2.75) is 52.5 Å². The lowest BCUT2D eigenvalue weighted by molar-refractivity contribution is -0.138. The predicted octanol–water partition coefficient (Wildman–Crippen LogP) is 5.10. The maximum atomic E-state index is 14.1. The molecule has 2 amide bonds. The average Bonchev–Trinajstić information content (AvgIpc) is 3.01. The topological polar surface area (TPSA) is 105 Å². The van der Waals surface area contributed by atoms with Crippen LogP contribution in [0.1, 0.15) is 55.5 Å². The Balaban J connectivity index is 1.71. The number of rotatable bonds is 9. The van der Waals surface area contributed by atoms with Crippen LogP contribution in [0.3, 0.4) is 0 Å². The normalized spacial score (nSPS) is 17.5. The summed E-state index contributed by atoms with van der Waals surface area (Å²) in [6.07, 6.45) is -1.17. The number of nitrogens with one attached hydrogen (secondary N) is 2. The number of sulfonamides is 1. The number of hydrogen-bond donors (Lipinski definition) is 2. The zero-order valence-electron chi connectivity index (χ0n) is 24.0. The van der Waals surface area contributed by atoms with E-state index >= 15 is 0 Å². The van der Waals surface area contributed by atoms with Gasteiger partial charge < -0.3 is 15.0 Å². The highest BCUT2D eigenvalue weighted by Crippen LogP contribution is 2.41. The molecule has 0 bridgehead atoms. The largest absolute Gasteiger partial charge is 0.355 e. The van der Waals surface area contributed by atoms with Gasteiger partial charge in [-0.15, -0.1) is 0 Å². The minimum absolute atomic E-state index is 0.0350. The van der Waals surface area contributed by atoms with E-state index in [-0.39, 0.29) is 30.8 Å².